The number of amides is 1. The number of hydrogen-bond donors (Lipinski definition) is 1. The number of rotatable bonds is 7. The summed E-state index contributed by atoms with van der Waals surface area (Å²) < 4.78 is 5.77. The molecule has 2 aromatic carbocycles. The number of aryl methyl sites for hydroxylation is 2. The van der Waals surface area contributed by atoms with Gasteiger partial charge in [-0.15, -0.1) is 0 Å². The van der Waals surface area contributed by atoms with Crippen LogP contribution in [-0.2, 0) is 4.79 Å². The largest absolute Gasteiger partial charge is 0.494 e. The third-order valence-corrected chi connectivity index (χ3v) is 4.10. The molecule has 0 bridgehead atoms. The Bertz CT molecular complexity index is 692. The molecule has 0 aromatic heterocycles. The van der Waals surface area contributed by atoms with Gasteiger partial charge in [-0.1, -0.05) is 38.1 Å². The van der Waals surface area contributed by atoms with Gasteiger partial charge in [-0.2, -0.15) is 0 Å². The van der Waals surface area contributed by atoms with Gasteiger partial charge in [0.1, 0.15) is 5.75 Å². The van der Waals surface area contributed by atoms with Crippen LogP contribution >= 0.6 is 0 Å². The van der Waals surface area contributed by atoms with Crippen LogP contribution in [0.2, 0.25) is 0 Å². The number of para-hydroxylation sites is 1. The van der Waals surface area contributed by atoms with Crippen molar-refractivity contribution in [1.82, 2.24) is 0 Å². The summed E-state index contributed by atoms with van der Waals surface area (Å²) in [6.07, 6.45) is 1.15. The van der Waals surface area contributed by atoms with Crippen LogP contribution in [0.5, 0.6) is 5.75 Å². The van der Waals surface area contributed by atoms with Crippen LogP contribution in [0.1, 0.15) is 49.3 Å². The van der Waals surface area contributed by atoms with Crippen molar-refractivity contribution >= 4 is 11.6 Å². The van der Waals surface area contributed by atoms with Crippen molar-refractivity contribution < 1.29 is 9.53 Å². The first-order valence-electron chi connectivity index (χ1n) is 8.56. The van der Waals surface area contributed by atoms with Gasteiger partial charge in [0, 0.05) is 12.1 Å². The number of carbonyl (C=O) groups is 1. The first-order chi connectivity index (χ1) is 11.5. The molecule has 1 amide bonds. The molecule has 2 aromatic rings. The Morgan fingerprint density at radius 3 is 2.50 bits per heavy atom. The first-order valence-corrected chi connectivity index (χ1v) is 8.56. The average molecular weight is 325 g/mol. The highest BCUT2D eigenvalue weighted by atomic mass is 16.5. The van der Waals surface area contributed by atoms with E-state index in [0.717, 1.165) is 17.0 Å². The molecular formula is C21H27NO2. The summed E-state index contributed by atoms with van der Waals surface area (Å²) in [5.74, 6) is 1.42. The quantitative estimate of drug-likeness (QED) is 0.708. The molecular weight excluding hydrogens is 298 g/mol. The predicted octanol–water partition coefficient (Wildman–Crippen LogP) is 5.22. The molecule has 2 rings (SSSR count). The van der Waals surface area contributed by atoms with E-state index in [9.17, 15) is 4.79 Å². The third-order valence-electron chi connectivity index (χ3n) is 4.10. The van der Waals surface area contributed by atoms with E-state index in [-0.39, 0.29) is 5.91 Å². The van der Waals surface area contributed by atoms with Crippen LogP contribution < -0.4 is 10.1 Å². The highest BCUT2D eigenvalue weighted by Crippen LogP contribution is 2.23. The Balaban J connectivity index is 1.76. The topological polar surface area (TPSA) is 38.3 Å². The van der Waals surface area contributed by atoms with Crippen molar-refractivity contribution in [3.8, 4) is 5.75 Å². The van der Waals surface area contributed by atoms with E-state index in [2.05, 4.69) is 38.2 Å². The zero-order chi connectivity index (χ0) is 17.5. The van der Waals surface area contributed by atoms with Gasteiger partial charge >= 0.3 is 0 Å². The summed E-state index contributed by atoms with van der Waals surface area (Å²) in [6.45, 7) is 9.02. The molecule has 0 aliphatic carbocycles. The molecule has 0 aliphatic rings. The number of anilines is 1. The molecule has 3 nitrogen and oxygen atoms in total. The fraction of sp³-hybridized carbons (Fsp3) is 0.381. The minimum Gasteiger partial charge on any atom is -0.494 e. The van der Waals surface area contributed by atoms with Gasteiger partial charge in [-0.25, -0.2) is 0 Å². The summed E-state index contributed by atoms with van der Waals surface area (Å²) in [4.78, 5) is 12.0. The van der Waals surface area contributed by atoms with E-state index in [4.69, 9.17) is 4.74 Å². The van der Waals surface area contributed by atoms with Crippen molar-refractivity contribution in [2.45, 2.75) is 46.5 Å². The molecule has 24 heavy (non-hydrogen) atoms. The fourth-order valence-corrected chi connectivity index (χ4v) is 2.73. The second kappa shape index (κ2) is 8.53. The van der Waals surface area contributed by atoms with Gasteiger partial charge in [0.25, 0.3) is 0 Å². The summed E-state index contributed by atoms with van der Waals surface area (Å²) in [5.41, 5.74) is 4.55. The van der Waals surface area contributed by atoms with Gasteiger partial charge in [-0.05, 0) is 61.1 Å². The molecule has 0 spiro atoms. The number of carbonyl (C=O) groups excluding carboxylic acids is 1. The molecule has 0 heterocycles. The van der Waals surface area contributed by atoms with Crippen molar-refractivity contribution in [3.63, 3.8) is 0 Å². The minimum atomic E-state index is 0.0271. The van der Waals surface area contributed by atoms with Crippen molar-refractivity contribution in [3.05, 3.63) is 59.2 Å². The summed E-state index contributed by atoms with van der Waals surface area (Å²) in [6, 6.07) is 14.0. The summed E-state index contributed by atoms with van der Waals surface area (Å²) >= 11 is 0. The van der Waals surface area contributed by atoms with E-state index < -0.39 is 0 Å². The minimum absolute atomic E-state index is 0.0271. The number of hydrogen-bond acceptors (Lipinski definition) is 2. The number of benzene rings is 2. The van der Waals surface area contributed by atoms with Crippen LogP contribution in [0.3, 0.4) is 0 Å². The van der Waals surface area contributed by atoms with Crippen LogP contribution in [0.25, 0.3) is 0 Å². The normalized spacial score (nSPS) is 10.7. The number of nitrogens with one attached hydrogen (secondary N) is 1. The molecule has 3 heteroatoms. The molecule has 0 saturated heterocycles. The van der Waals surface area contributed by atoms with Crippen molar-refractivity contribution in [1.29, 1.82) is 0 Å². The van der Waals surface area contributed by atoms with E-state index in [1.807, 2.05) is 37.3 Å². The standard InChI is InChI=1S/C21H27NO2/c1-15(2)19-12-11-18(14-17(19)4)24-13-7-10-21(23)22-20-9-6-5-8-16(20)3/h5-6,8-9,11-12,14-15H,7,10,13H2,1-4H3,(H,22,23). The lowest BCUT2D eigenvalue weighted by molar-refractivity contribution is -0.116. The SMILES string of the molecule is Cc1ccccc1NC(=O)CCCOc1ccc(C(C)C)c(C)c1. The second-order valence-electron chi connectivity index (χ2n) is 6.49. The zero-order valence-corrected chi connectivity index (χ0v) is 15.1. The molecule has 0 aliphatic heterocycles. The highest BCUT2D eigenvalue weighted by molar-refractivity contribution is 5.91. The van der Waals surface area contributed by atoms with Gasteiger partial charge in [0.2, 0.25) is 5.91 Å². The lowest BCUT2D eigenvalue weighted by Gasteiger charge is -2.12. The van der Waals surface area contributed by atoms with Gasteiger partial charge in [0.05, 0.1) is 6.61 Å². The van der Waals surface area contributed by atoms with Crippen molar-refractivity contribution in [2.75, 3.05) is 11.9 Å². The highest BCUT2D eigenvalue weighted by Gasteiger charge is 2.06. The third kappa shape index (κ3) is 5.12. The Morgan fingerprint density at radius 2 is 1.83 bits per heavy atom. The lowest BCUT2D eigenvalue weighted by Crippen LogP contribution is -2.13. The smallest absolute Gasteiger partial charge is 0.224 e. The Kier molecular flexibility index (Phi) is 6.42. The van der Waals surface area contributed by atoms with Crippen LogP contribution in [0, 0.1) is 13.8 Å². The van der Waals surface area contributed by atoms with Crippen LogP contribution in [0.15, 0.2) is 42.5 Å². The van der Waals surface area contributed by atoms with E-state index >= 15 is 0 Å². The van der Waals surface area contributed by atoms with E-state index in [0.29, 0.717) is 25.4 Å². The zero-order valence-electron chi connectivity index (χ0n) is 15.1. The molecule has 0 atom stereocenters. The maximum absolute atomic E-state index is 12.0. The monoisotopic (exact) mass is 325 g/mol. The Hall–Kier alpha value is -2.29. The first kappa shape index (κ1) is 18.1. The predicted molar refractivity (Wildman–Crippen MR) is 99.8 cm³/mol. The average Bonchev–Trinajstić information content (AvgIpc) is 2.53. The summed E-state index contributed by atoms with van der Waals surface area (Å²) in [7, 11) is 0. The Morgan fingerprint density at radius 1 is 1.08 bits per heavy atom. The van der Waals surface area contributed by atoms with E-state index in [1.165, 1.54) is 11.1 Å². The summed E-state index contributed by atoms with van der Waals surface area (Å²) in [5, 5.41) is 2.94. The maximum Gasteiger partial charge on any atom is 0.224 e. The van der Waals surface area contributed by atoms with Gasteiger partial charge in [-0.3, -0.25) is 4.79 Å². The maximum atomic E-state index is 12.0. The van der Waals surface area contributed by atoms with Crippen LogP contribution in [0.4, 0.5) is 5.69 Å². The van der Waals surface area contributed by atoms with Gasteiger partial charge in [0.15, 0.2) is 0 Å². The molecule has 0 radical (unpaired) electrons. The number of ether oxygens (including phenoxy) is 1. The lowest BCUT2D eigenvalue weighted by atomic mass is 9.98. The Labute approximate surface area is 145 Å². The van der Waals surface area contributed by atoms with Gasteiger partial charge < -0.3 is 10.1 Å². The molecule has 1 N–H and O–H groups in total. The van der Waals surface area contributed by atoms with Crippen molar-refractivity contribution in [2.24, 2.45) is 0 Å². The van der Waals surface area contributed by atoms with E-state index in [1.54, 1.807) is 0 Å². The molecule has 0 fully saturated rings. The fourth-order valence-electron chi connectivity index (χ4n) is 2.73. The molecule has 0 saturated carbocycles. The molecule has 0 unspecified atom stereocenters. The second-order valence-corrected chi connectivity index (χ2v) is 6.49. The molecule has 128 valence electrons. The van der Waals surface area contributed by atoms with Crippen LogP contribution in [-0.4, -0.2) is 12.5 Å².